The van der Waals surface area contributed by atoms with Gasteiger partial charge in [0.1, 0.15) is 9.21 Å². The first-order valence-corrected chi connectivity index (χ1v) is 3.52. The van der Waals surface area contributed by atoms with Crippen molar-refractivity contribution in [2.75, 3.05) is 0 Å². The van der Waals surface area contributed by atoms with E-state index in [4.69, 9.17) is 0 Å². The van der Waals surface area contributed by atoms with E-state index >= 15 is 0 Å². The van der Waals surface area contributed by atoms with Crippen LogP contribution in [-0.4, -0.2) is 10.2 Å². The molecule has 1 aromatic rings. The fraction of sp³-hybridized carbons (Fsp3) is 0. The second-order valence-electron chi connectivity index (χ2n) is 1.18. The Kier molecular flexibility index (Phi) is 1.96. The van der Waals surface area contributed by atoms with Crippen molar-refractivity contribution in [1.82, 2.24) is 10.2 Å². The molecular weight excluding hydrogens is 236 g/mol. The first-order chi connectivity index (χ1) is 3.79. The second-order valence-corrected chi connectivity index (χ2v) is 2.80. The summed E-state index contributed by atoms with van der Waals surface area (Å²) in [5, 5.41) is 7.40. The van der Waals surface area contributed by atoms with Gasteiger partial charge >= 0.3 is 0 Å². The topological polar surface area (TPSA) is 25.8 Å². The van der Waals surface area contributed by atoms with Crippen molar-refractivity contribution in [3.63, 3.8) is 0 Å². The highest BCUT2D eigenvalue weighted by Crippen LogP contribution is 2.07. The zero-order valence-corrected chi connectivity index (χ0v) is 6.98. The third kappa shape index (κ3) is 1.52. The molecule has 0 unspecified atom stereocenters. The molecule has 0 bridgehead atoms. The molecule has 0 aliphatic heterocycles. The Morgan fingerprint density at radius 2 is 1.38 bits per heavy atom. The second kappa shape index (κ2) is 2.55. The molecule has 2 nitrogen and oxygen atoms in total. The summed E-state index contributed by atoms with van der Waals surface area (Å²) < 4.78 is 1.50. The predicted molar refractivity (Wildman–Crippen MR) is 37.4 cm³/mol. The summed E-state index contributed by atoms with van der Waals surface area (Å²) in [6.45, 7) is 0. The van der Waals surface area contributed by atoms with Crippen molar-refractivity contribution >= 4 is 31.9 Å². The van der Waals surface area contributed by atoms with Gasteiger partial charge in [-0.2, -0.15) is 0 Å². The van der Waals surface area contributed by atoms with Gasteiger partial charge < -0.3 is 0 Å². The zero-order chi connectivity index (χ0) is 5.98. The molecule has 0 fully saturated rings. The number of hydrogen-bond acceptors (Lipinski definition) is 2. The lowest BCUT2D eigenvalue weighted by molar-refractivity contribution is 0.981. The molecule has 1 heterocycles. The summed E-state index contributed by atoms with van der Waals surface area (Å²) >= 11 is 6.30. The summed E-state index contributed by atoms with van der Waals surface area (Å²) in [6.07, 6.45) is 0. The molecule has 0 spiro atoms. The van der Waals surface area contributed by atoms with Gasteiger partial charge in [-0.1, -0.05) is 0 Å². The molecule has 0 saturated carbocycles. The summed E-state index contributed by atoms with van der Waals surface area (Å²) in [5.41, 5.74) is 0. The van der Waals surface area contributed by atoms with Crippen LogP contribution in [0.1, 0.15) is 0 Å². The lowest BCUT2D eigenvalue weighted by Gasteiger charge is -1.84. The van der Waals surface area contributed by atoms with E-state index in [-0.39, 0.29) is 0 Å². The van der Waals surface area contributed by atoms with E-state index in [9.17, 15) is 0 Å². The quantitative estimate of drug-likeness (QED) is 0.690. The molecule has 0 N–H and O–H groups in total. The first-order valence-electron chi connectivity index (χ1n) is 1.94. The number of halogens is 2. The summed E-state index contributed by atoms with van der Waals surface area (Å²) in [5.74, 6) is 0. The largest absolute Gasteiger partial charge is 0.142 e. The smallest absolute Gasteiger partial charge is 0.128 e. The van der Waals surface area contributed by atoms with Crippen LogP contribution in [0.5, 0.6) is 0 Å². The van der Waals surface area contributed by atoms with Gasteiger partial charge in [0.15, 0.2) is 0 Å². The van der Waals surface area contributed by atoms with Crippen molar-refractivity contribution < 1.29 is 0 Å². The fourth-order valence-corrected chi connectivity index (χ4v) is 0.723. The van der Waals surface area contributed by atoms with Gasteiger partial charge in [-0.15, -0.1) is 10.2 Å². The molecule has 0 saturated heterocycles. The molecule has 0 aliphatic carbocycles. The Bertz CT molecular complexity index is 151. The summed E-state index contributed by atoms with van der Waals surface area (Å²) in [7, 11) is 0. The molecule has 1 rings (SSSR count). The van der Waals surface area contributed by atoms with Gasteiger partial charge in [0, 0.05) is 0 Å². The number of aromatic nitrogens is 2. The van der Waals surface area contributed by atoms with Crippen LogP contribution in [-0.2, 0) is 0 Å². The SMILES string of the molecule is Brc1ccc(Br)nn1. The third-order valence-corrected chi connectivity index (χ3v) is 1.45. The predicted octanol–water partition coefficient (Wildman–Crippen LogP) is 2.00. The van der Waals surface area contributed by atoms with Crippen LogP contribution in [0.2, 0.25) is 0 Å². The highest BCUT2D eigenvalue weighted by molar-refractivity contribution is 9.10. The molecule has 0 aromatic carbocycles. The highest BCUT2D eigenvalue weighted by atomic mass is 79.9. The Morgan fingerprint density at radius 1 is 1.00 bits per heavy atom. The maximum Gasteiger partial charge on any atom is 0.128 e. The Balaban J connectivity index is 3.03. The van der Waals surface area contributed by atoms with Crippen molar-refractivity contribution in [2.45, 2.75) is 0 Å². The molecule has 0 atom stereocenters. The Labute approximate surface area is 63.6 Å². The number of hydrogen-bond donors (Lipinski definition) is 0. The summed E-state index contributed by atoms with van der Waals surface area (Å²) in [6, 6.07) is 3.63. The molecule has 4 heteroatoms. The van der Waals surface area contributed by atoms with Crippen LogP contribution >= 0.6 is 31.9 Å². The van der Waals surface area contributed by atoms with E-state index in [0.29, 0.717) is 0 Å². The van der Waals surface area contributed by atoms with E-state index in [1.807, 2.05) is 12.1 Å². The van der Waals surface area contributed by atoms with E-state index in [2.05, 4.69) is 42.1 Å². The number of nitrogens with zero attached hydrogens (tertiary/aromatic N) is 2. The highest BCUT2D eigenvalue weighted by Gasteiger charge is 1.86. The van der Waals surface area contributed by atoms with Crippen LogP contribution in [0.25, 0.3) is 0 Å². The molecule has 1 aromatic heterocycles. The van der Waals surface area contributed by atoms with Gasteiger partial charge in [0.05, 0.1) is 0 Å². The van der Waals surface area contributed by atoms with Gasteiger partial charge in [-0.05, 0) is 44.0 Å². The minimum absolute atomic E-state index is 0.751. The molecule has 0 radical (unpaired) electrons. The van der Waals surface area contributed by atoms with Gasteiger partial charge in [0.2, 0.25) is 0 Å². The molecule has 0 aliphatic rings. The average Bonchev–Trinajstić information content (AvgIpc) is 1.77. The van der Waals surface area contributed by atoms with Crippen molar-refractivity contribution in [1.29, 1.82) is 0 Å². The van der Waals surface area contributed by atoms with Gasteiger partial charge in [0.25, 0.3) is 0 Å². The van der Waals surface area contributed by atoms with Crippen molar-refractivity contribution in [3.05, 3.63) is 21.3 Å². The third-order valence-electron chi connectivity index (χ3n) is 0.599. The maximum atomic E-state index is 3.70. The standard InChI is InChI=1S/C4H2Br2N2/c5-3-1-2-4(6)8-7-3/h1-2H. The minimum atomic E-state index is 0.751. The van der Waals surface area contributed by atoms with E-state index in [0.717, 1.165) is 9.21 Å². The molecule has 0 amide bonds. The van der Waals surface area contributed by atoms with E-state index < -0.39 is 0 Å². The van der Waals surface area contributed by atoms with E-state index in [1.165, 1.54) is 0 Å². The Hall–Kier alpha value is 0.0400. The summed E-state index contributed by atoms with van der Waals surface area (Å²) in [4.78, 5) is 0. The van der Waals surface area contributed by atoms with Gasteiger partial charge in [-0.25, -0.2) is 0 Å². The van der Waals surface area contributed by atoms with Crippen molar-refractivity contribution in [2.24, 2.45) is 0 Å². The molecule has 42 valence electrons. The lowest BCUT2D eigenvalue weighted by Crippen LogP contribution is -1.79. The van der Waals surface area contributed by atoms with E-state index in [1.54, 1.807) is 0 Å². The Morgan fingerprint density at radius 3 is 1.62 bits per heavy atom. The lowest BCUT2D eigenvalue weighted by atomic mass is 10.6. The average molecular weight is 238 g/mol. The molecule has 8 heavy (non-hydrogen) atoms. The monoisotopic (exact) mass is 236 g/mol. The first kappa shape index (κ1) is 6.16. The van der Waals surface area contributed by atoms with Crippen LogP contribution < -0.4 is 0 Å². The normalized spacial score (nSPS) is 9.25. The zero-order valence-electron chi connectivity index (χ0n) is 3.81. The number of rotatable bonds is 0. The minimum Gasteiger partial charge on any atom is -0.142 e. The maximum absolute atomic E-state index is 3.70. The van der Waals surface area contributed by atoms with Crippen molar-refractivity contribution in [3.8, 4) is 0 Å². The van der Waals surface area contributed by atoms with Crippen LogP contribution in [0.15, 0.2) is 21.3 Å². The van der Waals surface area contributed by atoms with Crippen LogP contribution in [0.4, 0.5) is 0 Å². The fourth-order valence-electron chi connectivity index (χ4n) is 0.300. The van der Waals surface area contributed by atoms with Crippen LogP contribution in [0, 0.1) is 0 Å². The van der Waals surface area contributed by atoms with Crippen LogP contribution in [0.3, 0.4) is 0 Å². The molecular formula is C4H2Br2N2. The van der Waals surface area contributed by atoms with Gasteiger partial charge in [-0.3, -0.25) is 0 Å².